The topological polar surface area (TPSA) is 0 Å². The van der Waals surface area contributed by atoms with Crippen LogP contribution in [0, 0.1) is 0 Å². The summed E-state index contributed by atoms with van der Waals surface area (Å²) in [7, 11) is 0. The summed E-state index contributed by atoms with van der Waals surface area (Å²) < 4.78 is 0. The molecule has 0 fully saturated rings. The molecule has 0 heterocycles. The van der Waals surface area contributed by atoms with Crippen molar-refractivity contribution in [2.75, 3.05) is 0 Å². The first-order chi connectivity index (χ1) is 13.9. The van der Waals surface area contributed by atoms with Gasteiger partial charge in [0.25, 0.3) is 0 Å². The minimum atomic E-state index is 0.397. The van der Waals surface area contributed by atoms with Crippen molar-refractivity contribution in [2.45, 2.75) is 24.2 Å². The van der Waals surface area contributed by atoms with Crippen molar-refractivity contribution in [2.24, 2.45) is 0 Å². The van der Waals surface area contributed by atoms with Crippen molar-refractivity contribution in [1.29, 1.82) is 0 Å². The van der Waals surface area contributed by atoms with Crippen LogP contribution < -0.4 is 0 Å². The lowest BCUT2D eigenvalue weighted by atomic mass is 9.76. The summed E-state index contributed by atoms with van der Waals surface area (Å²) in [6.45, 7) is 0. The molecular formula is C28H24. The minimum absolute atomic E-state index is 0.397. The van der Waals surface area contributed by atoms with Crippen LogP contribution in [-0.2, 0) is 6.42 Å². The second-order valence-electron chi connectivity index (χ2n) is 7.75. The molecule has 4 aromatic carbocycles. The number of fused-ring (bicyclic) bond motifs is 1. The van der Waals surface area contributed by atoms with Gasteiger partial charge in [-0.25, -0.2) is 0 Å². The fourth-order valence-electron chi connectivity index (χ4n) is 5.00. The van der Waals surface area contributed by atoms with Gasteiger partial charge in [-0.1, -0.05) is 115 Å². The highest BCUT2D eigenvalue weighted by Crippen LogP contribution is 2.55. The summed E-state index contributed by atoms with van der Waals surface area (Å²) in [4.78, 5) is 0. The number of hydrogen-bond acceptors (Lipinski definition) is 0. The van der Waals surface area contributed by atoms with E-state index in [1.807, 2.05) is 0 Å². The van der Waals surface area contributed by atoms with Gasteiger partial charge in [-0.15, -0.1) is 0 Å². The standard InChI is InChI=1S/C28H24/c1-4-12-21(13-5-1)20-26-24-18-10-11-19-25(24)27(22-14-6-2-7-15-22)28(26)23-16-8-3-9-17-23/h1-19,26-28H,20H2/t26-,27+,28-/m1/s1. The monoisotopic (exact) mass is 360 g/mol. The van der Waals surface area contributed by atoms with Gasteiger partial charge in [0.15, 0.2) is 0 Å². The average molecular weight is 361 g/mol. The lowest BCUT2D eigenvalue weighted by molar-refractivity contribution is 0.537. The van der Waals surface area contributed by atoms with Gasteiger partial charge in [0, 0.05) is 11.8 Å². The molecule has 0 N–H and O–H groups in total. The van der Waals surface area contributed by atoms with E-state index in [4.69, 9.17) is 0 Å². The molecule has 0 aromatic heterocycles. The van der Waals surface area contributed by atoms with Crippen molar-refractivity contribution in [3.63, 3.8) is 0 Å². The maximum Gasteiger partial charge on any atom is 0.0167 e. The van der Waals surface area contributed by atoms with Crippen LogP contribution in [0.1, 0.15) is 45.6 Å². The van der Waals surface area contributed by atoms with Crippen LogP contribution in [0.15, 0.2) is 115 Å². The Balaban J connectivity index is 1.68. The highest BCUT2D eigenvalue weighted by Gasteiger charge is 2.41. The normalized spacial score (nSPS) is 20.6. The highest BCUT2D eigenvalue weighted by atomic mass is 14.4. The first-order valence-corrected chi connectivity index (χ1v) is 10.1. The molecule has 0 radical (unpaired) electrons. The van der Waals surface area contributed by atoms with E-state index in [2.05, 4.69) is 115 Å². The molecule has 0 bridgehead atoms. The summed E-state index contributed by atoms with van der Waals surface area (Å²) in [5.41, 5.74) is 7.27. The summed E-state index contributed by atoms with van der Waals surface area (Å²) in [5, 5.41) is 0. The summed E-state index contributed by atoms with van der Waals surface area (Å²) >= 11 is 0. The molecule has 0 saturated carbocycles. The van der Waals surface area contributed by atoms with Crippen molar-refractivity contribution in [1.82, 2.24) is 0 Å². The molecule has 136 valence electrons. The largest absolute Gasteiger partial charge is 0.0622 e. The van der Waals surface area contributed by atoms with Crippen LogP contribution >= 0.6 is 0 Å². The smallest absolute Gasteiger partial charge is 0.0167 e. The van der Waals surface area contributed by atoms with Gasteiger partial charge in [0.2, 0.25) is 0 Å². The molecule has 3 atom stereocenters. The zero-order chi connectivity index (χ0) is 18.8. The quantitative estimate of drug-likeness (QED) is 0.370. The van der Waals surface area contributed by atoms with Crippen LogP contribution in [-0.4, -0.2) is 0 Å². The van der Waals surface area contributed by atoms with Crippen molar-refractivity contribution in [3.05, 3.63) is 143 Å². The molecule has 0 amide bonds. The third kappa shape index (κ3) is 3.05. The second kappa shape index (κ2) is 7.48. The molecule has 0 aliphatic heterocycles. The molecular weight excluding hydrogens is 336 g/mol. The van der Waals surface area contributed by atoms with Crippen LogP contribution in [0.25, 0.3) is 0 Å². The molecule has 0 spiro atoms. The number of hydrogen-bond donors (Lipinski definition) is 0. The summed E-state index contributed by atoms with van der Waals surface area (Å²) in [6.07, 6.45) is 1.07. The third-order valence-electron chi connectivity index (χ3n) is 6.16. The Hall–Kier alpha value is -3.12. The molecule has 28 heavy (non-hydrogen) atoms. The van der Waals surface area contributed by atoms with E-state index in [1.165, 1.54) is 27.8 Å². The Labute approximate surface area is 167 Å². The molecule has 0 unspecified atom stereocenters. The maximum absolute atomic E-state index is 2.35. The van der Waals surface area contributed by atoms with E-state index in [0.717, 1.165) is 6.42 Å². The third-order valence-corrected chi connectivity index (χ3v) is 6.16. The van der Waals surface area contributed by atoms with Gasteiger partial charge in [-0.2, -0.15) is 0 Å². The Morgan fingerprint density at radius 2 is 0.964 bits per heavy atom. The Morgan fingerprint density at radius 1 is 0.464 bits per heavy atom. The molecule has 1 aliphatic carbocycles. The predicted molar refractivity (Wildman–Crippen MR) is 117 cm³/mol. The Kier molecular flexibility index (Phi) is 4.54. The van der Waals surface area contributed by atoms with Crippen molar-refractivity contribution >= 4 is 0 Å². The van der Waals surface area contributed by atoms with Gasteiger partial charge in [-0.05, 0) is 40.2 Å². The van der Waals surface area contributed by atoms with E-state index in [-0.39, 0.29) is 0 Å². The second-order valence-corrected chi connectivity index (χ2v) is 7.75. The minimum Gasteiger partial charge on any atom is -0.0622 e. The maximum atomic E-state index is 2.35. The van der Waals surface area contributed by atoms with E-state index in [1.54, 1.807) is 0 Å². The van der Waals surface area contributed by atoms with Gasteiger partial charge in [0.05, 0.1) is 0 Å². The average Bonchev–Trinajstić information content (AvgIpc) is 3.10. The first kappa shape index (κ1) is 17.0. The van der Waals surface area contributed by atoms with E-state index >= 15 is 0 Å². The van der Waals surface area contributed by atoms with Crippen molar-refractivity contribution in [3.8, 4) is 0 Å². The van der Waals surface area contributed by atoms with E-state index in [9.17, 15) is 0 Å². The van der Waals surface area contributed by atoms with Crippen molar-refractivity contribution < 1.29 is 0 Å². The Morgan fingerprint density at radius 3 is 1.61 bits per heavy atom. The lowest BCUT2D eigenvalue weighted by Crippen LogP contribution is -2.14. The zero-order valence-electron chi connectivity index (χ0n) is 15.9. The molecule has 1 aliphatic rings. The Bertz CT molecular complexity index is 1030. The van der Waals surface area contributed by atoms with E-state index < -0.39 is 0 Å². The number of rotatable bonds is 4. The SMILES string of the molecule is c1ccc(C[C@@H]2c3ccccc3[C@H](c3ccccc3)[C@@H]2c2ccccc2)cc1. The van der Waals surface area contributed by atoms with E-state index in [0.29, 0.717) is 17.8 Å². The fraction of sp³-hybridized carbons (Fsp3) is 0.143. The van der Waals surface area contributed by atoms with Gasteiger partial charge in [0.1, 0.15) is 0 Å². The molecule has 5 rings (SSSR count). The zero-order valence-corrected chi connectivity index (χ0v) is 15.9. The first-order valence-electron chi connectivity index (χ1n) is 10.1. The lowest BCUT2D eigenvalue weighted by Gasteiger charge is -2.27. The van der Waals surface area contributed by atoms with Crippen LogP contribution in [0.2, 0.25) is 0 Å². The fourth-order valence-corrected chi connectivity index (χ4v) is 5.00. The van der Waals surface area contributed by atoms with Crippen LogP contribution in [0.5, 0.6) is 0 Å². The molecule has 0 heteroatoms. The molecule has 0 nitrogen and oxygen atoms in total. The molecule has 4 aromatic rings. The molecule has 0 saturated heterocycles. The summed E-state index contributed by atoms with van der Waals surface area (Å²) in [5.74, 6) is 1.32. The summed E-state index contributed by atoms with van der Waals surface area (Å²) in [6, 6.07) is 42.2. The number of benzene rings is 4. The van der Waals surface area contributed by atoms with Gasteiger partial charge >= 0.3 is 0 Å². The predicted octanol–water partition coefficient (Wildman–Crippen LogP) is 6.94. The van der Waals surface area contributed by atoms with Crippen LogP contribution in [0.3, 0.4) is 0 Å². The highest BCUT2D eigenvalue weighted by molar-refractivity contribution is 5.51. The van der Waals surface area contributed by atoms with Gasteiger partial charge < -0.3 is 0 Å². The van der Waals surface area contributed by atoms with Crippen LogP contribution in [0.4, 0.5) is 0 Å². The van der Waals surface area contributed by atoms with Gasteiger partial charge in [-0.3, -0.25) is 0 Å².